The number of hydrogen-bond donors (Lipinski definition) is 2. The fraction of sp³-hybridized carbons (Fsp3) is 0. The third-order valence-corrected chi connectivity index (χ3v) is 3.11. The summed E-state index contributed by atoms with van der Waals surface area (Å²) in [5.74, 6) is 0.0888. The number of aromatic hydroxyl groups is 1. The van der Waals surface area contributed by atoms with Crippen LogP contribution >= 0.6 is 35.4 Å². The molecule has 2 nitrogen and oxygen atoms in total. The van der Waals surface area contributed by atoms with Crippen LogP contribution in [-0.2, 0) is 0 Å². The second-order valence-electron chi connectivity index (χ2n) is 3.62. The zero-order valence-electron chi connectivity index (χ0n) is 9.15. The number of phenolic OH excluding ortho intramolecular Hbond substituents is 1. The minimum Gasteiger partial charge on any atom is -0.507 e. The number of thiocarbonyl (C=S) groups is 1. The summed E-state index contributed by atoms with van der Waals surface area (Å²) in [7, 11) is 0. The molecule has 2 aromatic carbocycles. The predicted octanol–water partition coefficient (Wildman–Crippen LogP) is 4.49. The fourth-order valence-electron chi connectivity index (χ4n) is 1.42. The van der Waals surface area contributed by atoms with Crippen LogP contribution in [0.3, 0.4) is 0 Å². The maximum Gasteiger partial charge on any atom is 0.125 e. The van der Waals surface area contributed by atoms with Gasteiger partial charge in [-0.15, -0.1) is 0 Å². The van der Waals surface area contributed by atoms with E-state index in [1.807, 2.05) is 0 Å². The Morgan fingerprint density at radius 1 is 1.00 bits per heavy atom. The summed E-state index contributed by atoms with van der Waals surface area (Å²) in [5, 5.41) is 13.9. The highest BCUT2D eigenvalue weighted by Crippen LogP contribution is 2.23. The molecule has 0 spiro atoms. The van der Waals surface area contributed by atoms with E-state index in [4.69, 9.17) is 35.4 Å². The largest absolute Gasteiger partial charge is 0.507 e. The Morgan fingerprint density at radius 3 is 2.28 bits per heavy atom. The molecule has 0 saturated carbocycles. The first-order chi connectivity index (χ1) is 8.56. The van der Waals surface area contributed by atoms with Crippen LogP contribution in [0.2, 0.25) is 10.0 Å². The van der Waals surface area contributed by atoms with Crippen LogP contribution in [0.15, 0.2) is 42.5 Å². The van der Waals surface area contributed by atoms with E-state index in [1.165, 1.54) is 6.07 Å². The van der Waals surface area contributed by atoms with Gasteiger partial charge in [0.25, 0.3) is 0 Å². The van der Waals surface area contributed by atoms with Gasteiger partial charge in [0.05, 0.1) is 5.56 Å². The Balaban J connectivity index is 2.21. The van der Waals surface area contributed by atoms with E-state index in [0.717, 1.165) is 5.69 Å². The predicted molar refractivity (Wildman–Crippen MR) is 79.9 cm³/mol. The van der Waals surface area contributed by atoms with Gasteiger partial charge in [0.2, 0.25) is 0 Å². The molecule has 2 rings (SSSR count). The van der Waals surface area contributed by atoms with Crippen LogP contribution in [0, 0.1) is 0 Å². The van der Waals surface area contributed by atoms with Gasteiger partial charge in [-0.1, -0.05) is 35.4 Å². The Labute approximate surface area is 120 Å². The van der Waals surface area contributed by atoms with E-state index in [9.17, 15) is 5.11 Å². The van der Waals surface area contributed by atoms with Gasteiger partial charge in [-0.05, 0) is 42.5 Å². The molecule has 0 aliphatic rings. The lowest BCUT2D eigenvalue weighted by Gasteiger charge is -2.10. The van der Waals surface area contributed by atoms with Crippen LogP contribution in [-0.4, -0.2) is 10.1 Å². The van der Waals surface area contributed by atoms with Gasteiger partial charge in [-0.2, -0.15) is 0 Å². The van der Waals surface area contributed by atoms with Crippen LogP contribution in [0.4, 0.5) is 5.69 Å². The second kappa shape index (κ2) is 5.57. The summed E-state index contributed by atoms with van der Waals surface area (Å²) in [5.41, 5.74) is 1.29. The standard InChI is InChI=1S/C13H9Cl2NOS/c14-8-1-4-10(5-2-8)16-13(18)11-7-9(15)3-6-12(11)17/h1-7,17H,(H,16,18). The maximum absolute atomic E-state index is 9.72. The summed E-state index contributed by atoms with van der Waals surface area (Å²) in [6.45, 7) is 0. The molecule has 92 valence electrons. The molecule has 0 aromatic heterocycles. The van der Waals surface area contributed by atoms with Crippen molar-refractivity contribution in [1.29, 1.82) is 0 Å². The SMILES string of the molecule is Oc1ccc(Cl)cc1C(=S)Nc1ccc(Cl)cc1. The highest BCUT2D eigenvalue weighted by atomic mass is 35.5. The van der Waals surface area contributed by atoms with Gasteiger partial charge < -0.3 is 10.4 Å². The molecule has 0 atom stereocenters. The minimum atomic E-state index is 0.0888. The normalized spacial score (nSPS) is 10.1. The number of nitrogens with one attached hydrogen (secondary N) is 1. The summed E-state index contributed by atoms with van der Waals surface area (Å²) < 4.78 is 0. The van der Waals surface area contributed by atoms with Gasteiger partial charge in [0, 0.05) is 15.7 Å². The smallest absolute Gasteiger partial charge is 0.125 e. The molecule has 0 amide bonds. The molecule has 0 heterocycles. The molecule has 0 saturated heterocycles. The third-order valence-electron chi connectivity index (χ3n) is 2.31. The van der Waals surface area contributed by atoms with Crippen molar-refractivity contribution in [3.8, 4) is 5.75 Å². The average molecular weight is 298 g/mol. The topological polar surface area (TPSA) is 32.3 Å². The summed E-state index contributed by atoms with van der Waals surface area (Å²) in [6, 6.07) is 11.8. The highest BCUT2D eigenvalue weighted by molar-refractivity contribution is 7.81. The van der Waals surface area contributed by atoms with Gasteiger partial charge in [0.15, 0.2) is 0 Å². The van der Waals surface area contributed by atoms with Gasteiger partial charge in [-0.25, -0.2) is 0 Å². The number of benzene rings is 2. The van der Waals surface area contributed by atoms with E-state index >= 15 is 0 Å². The monoisotopic (exact) mass is 297 g/mol. The molecule has 0 aliphatic carbocycles. The first-order valence-electron chi connectivity index (χ1n) is 5.12. The van der Waals surface area contributed by atoms with E-state index < -0.39 is 0 Å². The summed E-state index contributed by atoms with van der Waals surface area (Å²) >= 11 is 16.9. The molecule has 18 heavy (non-hydrogen) atoms. The number of anilines is 1. The van der Waals surface area contributed by atoms with E-state index in [2.05, 4.69) is 5.32 Å². The number of hydrogen-bond acceptors (Lipinski definition) is 2. The van der Waals surface area contributed by atoms with Crippen molar-refractivity contribution >= 4 is 46.1 Å². The molecule has 0 fully saturated rings. The summed E-state index contributed by atoms with van der Waals surface area (Å²) in [4.78, 5) is 0.400. The van der Waals surface area contributed by atoms with Crippen molar-refractivity contribution < 1.29 is 5.11 Å². The lowest BCUT2D eigenvalue weighted by molar-refractivity contribution is 0.474. The number of phenols is 1. The Bertz CT molecular complexity index is 584. The van der Waals surface area contributed by atoms with Crippen molar-refractivity contribution in [3.05, 3.63) is 58.1 Å². The molecule has 0 aliphatic heterocycles. The molecular weight excluding hydrogens is 289 g/mol. The van der Waals surface area contributed by atoms with Crippen molar-refractivity contribution in [2.24, 2.45) is 0 Å². The van der Waals surface area contributed by atoms with E-state index in [1.54, 1.807) is 36.4 Å². The van der Waals surface area contributed by atoms with Crippen molar-refractivity contribution in [1.82, 2.24) is 0 Å². The van der Waals surface area contributed by atoms with E-state index in [-0.39, 0.29) is 5.75 Å². The lowest BCUT2D eigenvalue weighted by Crippen LogP contribution is -2.10. The van der Waals surface area contributed by atoms with E-state index in [0.29, 0.717) is 20.6 Å². The van der Waals surface area contributed by atoms with Crippen LogP contribution in [0.25, 0.3) is 0 Å². The van der Waals surface area contributed by atoms with Crippen molar-refractivity contribution in [2.75, 3.05) is 5.32 Å². The zero-order valence-corrected chi connectivity index (χ0v) is 11.5. The number of halogens is 2. The molecule has 0 bridgehead atoms. The second-order valence-corrected chi connectivity index (χ2v) is 4.90. The highest BCUT2D eigenvalue weighted by Gasteiger charge is 2.08. The molecule has 0 radical (unpaired) electrons. The van der Waals surface area contributed by atoms with Gasteiger partial charge in [-0.3, -0.25) is 0 Å². The minimum absolute atomic E-state index is 0.0888. The maximum atomic E-state index is 9.72. The van der Waals surface area contributed by atoms with Crippen molar-refractivity contribution in [2.45, 2.75) is 0 Å². The van der Waals surface area contributed by atoms with Gasteiger partial charge in [0.1, 0.15) is 10.7 Å². The number of rotatable bonds is 2. The Hall–Kier alpha value is -1.29. The zero-order chi connectivity index (χ0) is 13.1. The molecule has 0 unspecified atom stereocenters. The quantitative estimate of drug-likeness (QED) is 0.801. The summed E-state index contributed by atoms with van der Waals surface area (Å²) in [6.07, 6.45) is 0. The molecular formula is C13H9Cl2NOS. The Kier molecular flexibility index (Phi) is 4.07. The lowest BCUT2D eigenvalue weighted by atomic mass is 10.2. The third kappa shape index (κ3) is 3.13. The van der Waals surface area contributed by atoms with Crippen LogP contribution < -0.4 is 5.32 Å². The van der Waals surface area contributed by atoms with Gasteiger partial charge >= 0.3 is 0 Å². The molecule has 2 aromatic rings. The average Bonchev–Trinajstić information content (AvgIpc) is 2.35. The first-order valence-corrected chi connectivity index (χ1v) is 6.28. The Morgan fingerprint density at radius 2 is 1.61 bits per heavy atom. The molecule has 2 N–H and O–H groups in total. The van der Waals surface area contributed by atoms with Crippen molar-refractivity contribution in [3.63, 3.8) is 0 Å². The fourth-order valence-corrected chi connectivity index (χ4v) is 2.00. The molecule has 5 heteroatoms. The van der Waals surface area contributed by atoms with Crippen LogP contribution in [0.1, 0.15) is 5.56 Å². The van der Waals surface area contributed by atoms with Crippen LogP contribution in [0.5, 0.6) is 5.75 Å². The first kappa shape index (κ1) is 13.1.